The molecule has 0 aromatic rings. The summed E-state index contributed by atoms with van der Waals surface area (Å²) in [5.41, 5.74) is 0. The Hall–Kier alpha value is 0.0700. The highest BCUT2D eigenvalue weighted by atomic mass is 31.2. The van der Waals surface area contributed by atoms with Crippen molar-refractivity contribution in [3.05, 3.63) is 0 Å². The van der Waals surface area contributed by atoms with Crippen LogP contribution in [0.3, 0.4) is 0 Å². The molecule has 0 aliphatic rings. The van der Waals surface area contributed by atoms with Crippen molar-refractivity contribution in [3.63, 3.8) is 0 Å². The van der Waals surface area contributed by atoms with Gasteiger partial charge in [0.05, 0.1) is 0 Å². The van der Waals surface area contributed by atoms with Gasteiger partial charge in [0.25, 0.3) is 5.97 Å². The maximum Gasteiger partial charge on any atom is 0.329 e. The molecule has 0 amide bonds. The van der Waals surface area contributed by atoms with Crippen LogP contribution >= 0.6 is 7.60 Å². The summed E-state index contributed by atoms with van der Waals surface area (Å²) in [6.07, 6.45) is 0. The second-order valence-electron chi connectivity index (χ2n) is 2.16. The van der Waals surface area contributed by atoms with E-state index in [9.17, 15) is 4.57 Å². The first-order valence-corrected chi connectivity index (χ1v) is 4.97. The highest BCUT2D eigenvalue weighted by Gasteiger charge is 2.31. The molecule has 0 aliphatic heterocycles. The van der Waals surface area contributed by atoms with Crippen molar-refractivity contribution >= 4 is 7.60 Å². The Labute approximate surface area is 65.8 Å². The first-order chi connectivity index (χ1) is 4.83. The van der Waals surface area contributed by atoms with Gasteiger partial charge in [-0.25, -0.2) is 0 Å². The Morgan fingerprint density at radius 1 is 1.36 bits per heavy atom. The zero-order valence-electron chi connectivity index (χ0n) is 7.03. The van der Waals surface area contributed by atoms with E-state index in [2.05, 4.69) is 14.0 Å². The number of methoxy groups -OCH3 is 2. The standard InChI is InChI=1S/C5H13O5P/c1-5(8-2,9-3)10-11(4,6)7/h1-4H3,(H,6,7). The Bertz CT molecular complexity index is 158. The molecule has 1 N–H and O–H groups in total. The lowest BCUT2D eigenvalue weighted by molar-refractivity contribution is -0.311. The SMILES string of the molecule is COC(C)(OC)OP(C)(=O)O. The molecule has 0 radical (unpaired) electrons. The molecule has 0 saturated heterocycles. The van der Waals surface area contributed by atoms with Crippen LogP contribution in [-0.4, -0.2) is 31.8 Å². The molecule has 1 unspecified atom stereocenters. The van der Waals surface area contributed by atoms with Crippen molar-refractivity contribution in [2.45, 2.75) is 12.9 Å². The monoisotopic (exact) mass is 184 g/mol. The van der Waals surface area contributed by atoms with Crippen molar-refractivity contribution in [1.82, 2.24) is 0 Å². The Morgan fingerprint density at radius 3 is 1.82 bits per heavy atom. The van der Waals surface area contributed by atoms with Crippen molar-refractivity contribution in [2.24, 2.45) is 0 Å². The molecule has 6 heteroatoms. The van der Waals surface area contributed by atoms with Crippen LogP contribution < -0.4 is 0 Å². The van der Waals surface area contributed by atoms with E-state index in [4.69, 9.17) is 4.89 Å². The molecule has 0 spiro atoms. The molecule has 0 aliphatic carbocycles. The molecule has 68 valence electrons. The molecular weight excluding hydrogens is 171 g/mol. The summed E-state index contributed by atoms with van der Waals surface area (Å²) in [5.74, 6) is -1.45. The number of hydrogen-bond donors (Lipinski definition) is 1. The maximum absolute atomic E-state index is 10.7. The van der Waals surface area contributed by atoms with Crippen molar-refractivity contribution in [3.8, 4) is 0 Å². The van der Waals surface area contributed by atoms with Gasteiger partial charge in [0.2, 0.25) is 0 Å². The molecule has 0 aromatic heterocycles. The Balaban J connectivity index is 4.20. The van der Waals surface area contributed by atoms with Crippen LogP contribution in [0, 0.1) is 0 Å². The second kappa shape index (κ2) is 3.65. The third kappa shape index (κ3) is 4.50. The lowest BCUT2D eigenvalue weighted by Gasteiger charge is -2.26. The summed E-state index contributed by atoms with van der Waals surface area (Å²) in [5, 5.41) is 0. The fourth-order valence-electron chi connectivity index (χ4n) is 0.466. The molecule has 0 fully saturated rings. The van der Waals surface area contributed by atoms with Gasteiger partial charge in [-0.1, -0.05) is 0 Å². The summed E-state index contributed by atoms with van der Waals surface area (Å²) in [6.45, 7) is 2.46. The van der Waals surface area contributed by atoms with Crippen LogP contribution in [0.2, 0.25) is 0 Å². The predicted octanol–water partition coefficient (Wildman–Crippen LogP) is 0.785. The lowest BCUT2D eigenvalue weighted by Crippen LogP contribution is -2.31. The van der Waals surface area contributed by atoms with Crippen molar-refractivity contribution in [2.75, 3.05) is 20.9 Å². The Morgan fingerprint density at radius 2 is 1.73 bits per heavy atom. The minimum absolute atomic E-state index is 1.06. The Kier molecular flexibility index (Phi) is 3.67. The van der Waals surface area contributed by atoms with Gasteiger partial charge in [-0.05, 0) is 0 Å². The summed E-state index contributed by atoms with van der Waals surface area (Å²) in [6, 6.07) is 0. The van der Waals surface area contributed by atoms with E-state index in [1.54, 1.807) is 0 Å². The minimum atomic E-state index is -3.57. The van der Waals surface area contributed by atoms with Gasteiger partial charge in [0.15, 0.2) is 0 Å². The fourth-order valence-corrected chi connectivity index (χ4v) is 1.23. The third-order valence-electron chi connectivity index (χ3n) is 1.08. The summed E-state index contributed by atoms with van der Waals surface area (Å²) < 4.78 is 24.7. The van der Waals surface area contributed by atoms with E-state index in [1.165, 1.54) is 21.1 Å². The smallest absolute Gasteiger partial charge is 0.329 e. The van der Waals surface area contributed by atoms with Crippen molar-refractivity contribution < 1.29 is 23.5 Å². The third-order valence-corrected chi connectivity index (χ3v) is 1.75. The lowest BCUT2D eigenvalue weighted by atomic mass is 10.7. The average Bonchev–Trinajstić information content (AvgIpc) is 1.84. The van der Waals surface area contributed by atoms with E-state index < -0.39 is 13.6 Å². The molecule has 0 rings (SSSR count). The molecular formula is C5H13O5P. The summed E-state index contributed by atoms with van der Waals surface area (Å²) in [4.78, 5) is 8.79. The van der Waals surface area contributed by atoms with Crippen LogP contribution in [0.1, 0.15) is 6.92 Å². The van der Waals surface area contributed by atoms with E-state index in [0.29, 0.717) is 0 Å². The molecule has 0 aromatic carbocycles. The van der Waals surface area contributed by atoms with Crippen molar-refractivity contribution in [1.29, 1.82) is 0 Å². The molecule has 5 nitrogen and oxygen atoms in total. The predicted molar refractivity (Wildman–Crippen MR) is 39.3 cm³/mol. The summed E-state index contributed by atoms with van der Waals surface area (Å²) >= 11 is 0. The highest BCUT2D eigenvalue weighted by Crippen LogP contribution is 2.42. The van der Waals surface area contributed by atoms with Gasteiger partial charge in [0.1, 0.15) is 0 Å². The molecule has 0 saturated carbocycles. The van der Waals surface area contributed by atoms with Crippen LogP contribution in [0.4, 0.5) is 0 Å². The van der Waals surface area contributed by atoms with Crippen LogP contribution in [-0.2, 0) is 18.6 Å². The van der Waals surface area contributed by atoms with Gasteiger partial charge in [-0.2, -0.15) is 0 Å². The van der Waals surface area contributed by atoms with E-state index in [0.717, 1.165) is 6.66 Å². The zero-order valence-corrected chi connectivity index (χ0v) is 7.92. The summed E-state index contributed by atoms with van der Waals surface area (Å²) in [7, 11) is -0.933. The van der Waals surface area contributed by atoms with Gasteiger partial charge in [-0.3, -0.25) is 9.09 Å². The average molecular weight is 184 g/mol. The van der Waals surface area contributed by atoms with Gasteiger partial charge in [-0.15, -0.1) is 0 Å². The molecule has 0 heterocycles. The van der Waals surface area contributed by atoms with Gasteiger partial charge >= 0.3 is 7.60 Å². The maximum atomic E-state index is 10.7. The zero-order chi connectivity index (χ0) is 9.12. The number of ether oxygens (including phenoxy) is 2. The van der Waals surface area contributed by atoms with Crippen LogP contribution in [0.25, 0.3) is 0 Å². The second-order valence-corrected chi connectivity index (χ2v) is 3.95. The van der Waals surface area contributed by atoms with E-state index in [1.807, 2.05) is 0 Å². The highest BCUT2D eigenvalue weighted by molar-refractivity contribution is 7.51. The van der Waals surface area contributed by atoms with E-state index >= 15 is 0 Å². The first-order valence-electron chi connectivity index (χ1n) is 2.94. The van der Waals surface area contributed by atoms with Crippen LogP contribution in [0.15, 0.2) is 0 Å². The first kappa shape index (κ1) is 11.1. The topological polar surface area (TPSA) is 65.0 Å². The fraction of sp³-hybridized carbons (Fsp3) is 1.00. The van der Waals surface area contributed by atoms with Gasteiger partial charge in [0, 0.05) is 27.8 Å². The molecule has 0 bridgehead atoms. The molecule has 1 atom stereocenters. The number of hydrogen-bond acceptors (Lipinski definition) is 4. The number of rotatable bonds is 4. The largest absolute Gasteiger partial charge is 0.331 e. The quantitative estimate of drug-likeness (QED) is 0.516. The van der Waals surface area contributed by atoms with Gasteiger partial charge < -0.3 is 14.4 Å². The normalized spacial score (nSPS) is 17.9. The minimum Gasteiger partial charge on any atom is -0.331 e. The van der Waals surface area contributed by atoms with E-state index in [-0.39, 0.29) is 0 Å². The molecule has 11 heavy (non-hydrogen) atoms. The van der Waals surface area contributed by atoms with Crippen LogP contribution in [0.5, 0.6) is 0 Å².